The molecule has 15 heavy (non-hydrogen) atoms. The van der Waals surface area contributed by atoms with E-state index in [2.05, 4.69) is 16.4 Å². The Balaban J connectivity index is 2.00. The molecule has 0 radical (unpaired) electrons. The highest BCUT2D eigenvalue weighted by atomic mass is 16.1. The number of carbonyl (C=O) groups is 1. The van der Waals surface area contributed by atoms with Crippen molar-refractivity contribution in [2.45, 2.75) is 26.2 Å². The molecule has 0 fully saturated rings. The molecule has 0 saturated carbocycles. The first-order valence-corrected chi connectivity index (χ1v) is 5.38. The number of pyridine rings is 1. The van der Waals surface area contributed by atoms with Crippen molar-refractivity contribution in [1.29, 1.82) is 0 Å². The van der Waals surface area contributed by atoms with Gasteiger partial charge in [0, 0.05) is 18.8 Å². The number of carbonyl (C=O) groups excluding carboxylic acids is 1. The van der Waals surface area contributed by atoms with Gasteiger partial charge < -0.3 is 10.1 Å². The highest BCUT2D eigenvalue weighted by Crippen LogP contribution is 1.95. The van der Waals surface area contributed by atoms with Gasteiger partial charge in [-0.15, -0.1) is 0 Å². The number of ketones is 1. The summed E-state index contributed by atoms with van der Waals surface area (Å²) in [6.07, 6.45) is 6.28. The van der Waals surface area contributed by atoms with Crippen molar-refractivity contribution in [1.82, 2.24) is 10.3 Å². The van der Waals surface area contributed by atoms with Crippen molar-refractivity contribution in [3.8, 4) is 0 Å². The molecule has 0 aromatic carbocycles. The topological polar surface area (TPSA) is 42.0 Å². The summed E-state index contributed by atoms with van der Waals surface area (Å²) in [5.41, 5.74) is 1.25. The Bertz CT molecular complexity index is 285. The highest BCUT2D eigenvalue weighted by Gasteiger charge is 1.94. The molecule has 82 valence electrons. The van der Waals surface area contributed by atoms with Crippen molar-refractivity contribution in [2.75, 3.05) is 13.1 Å². The molecule has 3 nitrogen and oxygen atoms in total. The molecular weight excluding hydrogens is 188 g/mol. The van der Waals surface area contributed by atoms with Crippen LogP contribution in [0.25, 0.3) is 0 Å². The molecular formula is C12H18N2O. The summed E-state index contributed by atoms with van der Waals surface area (Å²) in [6, 6.07) is 4.02. The molecule has 1 aromatic heterocycles. The molecule has 0 aliphatic heterocycles. The molecule has 0 aliphatic rings. The zero-order valence-electron chi connectivity index (χ0n) is 9.20. The molecule has 1 aromatic rings. The third kappa shape index (κ3) is 5.96. The molecule has 0 saturated heterocycles. The van der Waals surface area contributed by atoms with Crippen LogP contribution in [0.3, 0.4) is 0 Å². The molecule has 3 heteroatoms. The van der Waals surface area contributed by atoms with Crippen LogP contribution in [0.15, 0.2) is 24.5 Å². The minimum Gasteiger partial charge on any atom is -0.316 e. The normalized spacial score (nSPS) is 10.2. The maximum atomic E-state index is 10.7. The van der Waals surface area contributed by atoms with Crippen molar-refractivity contribution in [2.24, 2.45) is 0 Å². The number of nitrogens with one attached hydrogen (secondary N) is 1. The van der Waals surface area contributed by atoms with Gasteiger partial charge in [0.05, 0.1) is 0 Å². The molecule has 0 amide bonds. The summed E-state index contributed by atoms with van der Waals surface area (Å²) in [6.45, 7) is 3.50. The first-order chi connectivity index (χ1) is 7.29. The predicted octanol–water partition coefficient (Wildman–Crippen LogP) is 1.58. The Morgan fingerprint density at radius 1 is 1.47 bits per heavy atom. The number of rotatable bonds is 7. The van der Waals surface area contributed by atoms with Gasteiger partial charge in [-0.05, 0) is 44.5 Å². The lowest BCUT2D eigenvalue weighted by Gasteiger charge is -2.03. The van der Waals surface area contributed by atoms with E-state index in [-0.39, 0.29) is 5.78 Å². The van der Waals surface area contributed by atoms with Crippen LogP contribution in [-0.2, 0) is 11.2 Å². The molecule has 1 heterocycles. The molecule has 0 aliphatic carbocycles. The van der Waals surface area contributed by atoms with Gasteiger partial charge in [-0.3, -0.25) is 4.98 Å². The smallest absolute Gasteiger partial charge is 0.129 e. The molecule has 0 bridgehead atoms. The van der Waals surface area contributed by atoms with Crippen molar-refractivity contribution >= 4 is 5.78 Å². The second kappa shape index (κ2) is 7.12. The van der Waals surface area contributed by atoms with Crippen LogP contribution in [-0.4, -0.2) is 23.9 Å². The van der Waals surface area contributed by atoms with E-state index in [4.69, 9.17) is 0 Å². The number of aromatic nitrogens is 1. The van der Waals surface area contributed by atoms with Gasteiger partial charge >= 0.3 is 0 Å². The summed E-state index contributed by atoms with van der Waals surface area (Å²) in [7, 11) is 0. The van der Waals surface area contributed by atoms with E-state index in [9.17, 15) is 4.79 Å². The average molecular weight is 206 g/mol. The Hall–Kier alpha value is -1.22. The van der Waals surface area contributed by atoms with Gasteiger partial charge in [-0.1, -0.05) is 6.07 Å². The van der Waals surface area contributed by atoms with E-state index in [0.29, 0.717) is 6.42 Å². The molecule has 0 spiro atoms. The monoisotopic (exact) mass is 206 g/mol. The minimum absolute atomic E-state index is 0.268. The number of nitrogens with zero attached hydrogens (tertiary/aromatic N) is 1. The Morgan fingerprint density at radius 2 is 2.33 bits per heavy atom. The fraction of sp³-hybridized carbons (Fsp3) is 0.500. The first kappa shape index (κ1) is 11.9. The third-order valence-electron chi connectivity index (χ3n) is 2.20. The largest absolute Gasteiger partial charge is 0.316 e. The van der Waals surface area contributed by atoms with Gasteiger partial charge in [0.1, 0.15) is 5.78 Å². The van der Waals surface area contributed by atoms with Crippen LogP contribution in [0.2, 0.25) is 0 Å². The highest BCUT2D eigenvalue weighted by molar-refractivity contribution is 5.75. The van der Waals surface area contributed by atoms with E-state index in [1.807, 2.05) is 12.3 Å². The van der Waals surface area contributed by atoms with Gasteiger partial charge in [0.15, 0.2) is 0 Å². The third-order valence-corrected chi connectivity index (χ3v) is 2.20. The van der Waals surface area contributed by atoms with Gasteiger partial charge in [-0.2, -0.15) is 0 Å². The van der Waals surface area contributed by atoms with Gasteiger partial charge in [0.25, 0.3) is 0 Å². The Kier molecular flexibility index (Phi) is 5.63. The Morgan fingerprint density at radius 3 is 3.00 bits per heavy atom. The van der Waals surface area contributed by atoms with E-state index in [1.165, 1.54) is 5.56 Å². The molecule has 0 unspecified atom stereocenters. The lowest BCUT2D eigenvalue weighted by Crippen LogP contribution is -2.19. The van der Waals surface area contributed by atoms with Crippen molar-refractivity contribution in [3.05, 3.63) is 30.1 Å². The van der Waals surface area contributed by atoms with Crippen LogP contribution < -0.4 is 5.32 Å². The average Bonchev–Trinajstić information content (AvgIpc) is 2.24. The van der Waals surface area contributed by atoms with Crippen LogP contribution in [0.4, 0.5) is 0 Å². The quantitative estimate of drug-likeness (QED) is 0.689. The van der Waals surface area contributed by atoms with Crippen LogP contribution in [0.1, 0.15) is 25.3 Å². The SMILES string of the molecule is CC(=O)CCCNCCc1cccnc1. The van der Waals surface area contributed by atoms with Crippen molar-refractivity contribution in [3.63, 3.8) is 0 Å². The Labute approximate surface area is 90.9 Å². The lowest BCUT2D eigenvalue weighted by molar-refractivity contribution is -0.117. The summed E-state index contributed by atoms with van der Waals surface area (Å²) in [5.74, 6) is 0.268. The van der Waals surface area contributed by atoms with E-state index in [0.717, 1.165) is 25.9 Å². The predicted molar refractivity (Wildman–Crippen MR) is 60.7 cm³/mol. The maximum absolute atomic E-state index is 10.7. The van der Waals surface area contributed by atoms with Crippen LogP contribution in [0, 0.1) is 0 Å². The first-order valence-electron chi connectivity index (χ1n) is 5.38. The summed E-state index contributed by atoms with van der Waals surface area (Å²) in [4.78, 5) is 14.7. The fourth-order valence-electron chi connectivity index (χ4n) is 1.37. The van der Waals surface area contributed by atoms with Crippen LogP contribution >= 0.6 is 0 Å². The minimum atomic E-state index is 0.268. The zero-order chi connectivity index (χ0) is 10.9. The van der Waals surface area contributed by atoms with Crippen molar-refractivity contribution < 1.29 is 4.79 Å². The number of hydrogen-bond donors (Lipinski definition) is 1. The second-order valence-electron chi connectivity index (χ2n) is 3.67. The molecule has 0 atom stereocenters. The van der Waals surface area contributed by atoms with Gasteiger partial charge in [0.2, 0.25) is 0 Å². The zero-order valence-corrected chi connectivity index (χ0v) is 9.20. The van der Waals surface area contributed by atoms with Crippen LogP contribution in [0.5, 0.6) is 0 Å². The maximum Gasteiger partial charge on any atom is 0.129 e. The van der Waals surface area contributed by atoms with Gasteiger partial charge in [-0.25, -0.2) is 0 Å². The summed E-state index contributed by atoms with van der Waals surface area (Å²) >= 11 is 0. The number of hydrogen-bond acceptors (Lipinski definition) is 3. The summed E-state index contributed by atoms with van der Waals surface area (Å²) in [5, 5.41) is 3.31. The molecule has 1 N–H and O–H groups in total. The standard InChI is InChI=1S/C12H18N2O/c1-11(15)4-2-7-13-9-6-12-5-3-8-14-10-12/h3,5,8,10,13H,2,4,6-7,9H2,1H3. The fourth-order valence-corrected chi connectivity index (χ4v) is 1.37. The second-order valence-corrected chi connectivity index (χ2v) is 3.67. The van der Waals surface area contributed by atoms with E-state index in [1.54, 1.807) is 13.1 Å². The number of Topliss-reactive ketones (excluding diaryl/α,β-unsaturated/α-hetero) is 1. The molecule has 1 rings (SSSR count). The lowest BCUT2D eigenvalue weighted by atomic mass is 10.2. The van der Waals surface area contributed by atoms with E-state index >= 15 is 0 Å². The van der Waals surface area contributed by atoms with E-state index < -0.39 is 0 Å². The summed E-state index contributed by atoms with van der Waals surface area (Å²) < 4.78 is 0.